The Morgan fingerprint density at radius 2 is 2.00 bits per heavy atom. The number of rotatable bonds is 5. The van der Waals surface area contributed by atoms with Crippen molar-refractivity contribution in [2.75, 3.05) is 5.75 Å². The lowest BCUT2D eigenvalue weighted by molar-refractivity contribution is 0.559. The molecule has 0 aromatic heterocycles. The molecule has 0 spiro atoms. The largest absolute Gasteiger partial charge is 0.306 e. The minimum absolute atomic E-state index is 0.417. The maximum absolute atomic E-state index is 10.1. The Morgan fingerprint density at radius 3 is 2.44 bits per heavy atom. The van der Waals surface area contributed by atoms with Crippen LogP contribution in [0.4, 0.5) is 0 Å². The van der Waals surface area contributed by atoms with Gasteiger partial charge in [0.25, 0.3) is 0 Å². The normalized spacial score (nSPS) is 13.4. The summed E-state index contributed by atoms with van der Waals surface area (Å²) in [7, 11) is 0. The van der Waals surface area contributed by atoms with Crippen molar-refractivity contribution in [3.8, 4) is 0 Å². The molecule has 2 nitrogen and oxygen atoms in total. The van der Waals surface area contributed by atoms with Gasteiger partial charge in [-0.3, -0.25) is 0 Å². The Kier molecular flexibility index (Phi) is 6.09. The molecular weight excluding hydrogens is 136 g/mol. The van der Waals surface area contributed by atoms with Gasteiger partial charge in [-0.05, 0) is 19.3 Å². The molecule has 0 aromatic carbocycles. The molecule has 0 saturated carbocycles. The highest BCUT2D eigenvalue weighted by atomic mass is 32.2. The third-order valence-electron chi connectivity index (χ3n) is 1.07. The van der Waals surface area contributed by atoms with Gasteiger partial charge < -0.3 is 4.55 Å². The van der Waals surface area contributed by atoms with Crippen LogP contribution in [-0.4, -0.2) is 14.5 Å². The summed E-state index contributed by atoms with van der Waals surface area (Å²) in [6, 6.07) is 0. The standard InChI is InChI=1S/C6H12O2S/c1-2-3-4-5-6-9(7)8/h1-6H2/p+1. The van der Waals surface area contributed by atoms with E-state index in [4.69, 9.17) is 4.55 Å². The van der Waals surface area contributed by atoms with Gasteiger partial charge >= 0.3 is 0 Å². The Morgan fingerprint density at radius 1 is 1.33 bits per heavy atom. The van der Waals surface area contributed by atoms with E-state index < -0.39 is 11.1 Å². The van der Waals surface area contributed by atoms with Crippen molar-refractivity contribution in [2.24, 2.45) is 0 Å². The molecule has 0 aliphatic carbocycles. The number of hydrogen-bond donors (Lipinski definition) is 1. The van der Waals surface area contributed by atoms with Gasteiger partial charge in [0.2, 0.25) is 0 Å². The van der Waals surface area contributed by atoms with Gasteiger partial charge in [-0.15, -0.1) is 0 Å². The molecule has 0 aliphatic rings. The minimum Gasteiger partial charge on any atom is -0.306 e. The van der Waals surface area contributed by atoms with E-state index in [0.717, 1.165) is 25.7 Å². The van der Waals surface area contributed by atoms with E-state index >= 15 is 0 Å². The maximum Gasteiger partial charge on any atom is 0.152 e. The Balaban J connectivity index is 2.83. The zero-order valence-corrected chi connectivity index (χ0v) is 6.32. The van der Waals surface area contributed by atoms with Gasteiger partial charge in [0.15, 0.2) is 11.1 Å². The summed E-state index contributed by atoms with van der Waals surface area (Å²) < 4.78 is 18.4. The third-order valence-corrected chi connectivity index (χ3v) is 1.71. The lowest BCUT2D eigenvalue weighted by Crippen LogP contribution is -1.93. The zero-order valence-electron chi connectivity index (χ0n) is 5.51. The predicted molar refractivity (Wildman–Crippen MR) is 39.5 cm³/mol. The summed E-state index contributed by atoms with van der Waals surface area (Å²) in [5.41, 5.74) is 0. The number of hydrogen-bond acceptors (Lipinski definition) is 1. The average Bonchev–Trinajstić information content (AvgIpc) is 1.80. The van der Waals surface area contributed by atoms with Crippen molar-refractivity contribution in [1.82, 2.24) is 0 Å². The van der Waals surface area contributed by atoms with E-state index in [0.29, 0.717) is 5.75 Å². The molecule has 54 valence electrons. The van der Waals surface area contributed by atoms with Crippen LogP contribution in [0.2, 0.25) is 0 Å². The summed E-state index contributed by atoms with van der Waals surface area (Å²) in [5, 5.41) is 0. The molecule has 0 heterocycles. The second kappa shape index (κ2) is 6.11. The molecule has 0 amide bonds. The second-order valence-electron chi connectivity index (χ2n) is 1.94. The summed E-state index contributed by atoms with van der Waals surface area (Å²) in [6.07, 6.45) is 3.86. The van der Waals surface area contributed by atoms with Crippen molar-refractivity contribution in [1.29, 1.82) is 0 Å². The van der Waals surface area contributed by atoms with E-state index in [1.807, 2.05) is 0 Å². The van der Waals surface area contributed by atoms with Crippen molar-refractivity contribution < 1.29 is 8.76 Å². The van der Waals surface area contributed by atoms with E-state index in [1.165, 1.54) is 0 Å². The highest BCUT2D eigenvalue weighted by molar-refractivity contribution is 7.79. The Hall–Kier alpha value is -0.0200. The lowest BCUT2D eigenvalue weighted by atomic mass is 10.2. The van der Waals surface area contributed by atoms with E-state index in [-0.39, 0.29) is 0 Å². The van der Waals surface area contributed by atoms with E-state index in [1.54, 1.807) is 0 Å². The third kappa shape index (κ3) is 7.98. The first-order chi connectivity index (χ1) is 4.27. The van der Waals surface area contributed by atoms with Crippen molar-refractivity contribution >= 4 is 11.1 Å². The van der Waals surface area contributed by atoms with Crippen LogP contribution in [0.15, 0.2) is 0 Å². The van der Waals surface area contributed by atoms with Crippen molar-refractivity contribution in [3.63, 3.8) is 0 Å². The van der Waals surface area contributed by atoms with Crippen LogP contribution in [0.1, 0.15) is 25.7 Å². The van der Waals surface area contributed by atoms with Gasteiger partial charge in [-0.1, -0.05) is 0 Å². The summed E-state index contributed by atoms with van der Waals surface area (Å²) in [4.78, 5) is 0. The van der Waals surface area contributed by atoms with Gasteiger partial charge in [-0.25, -0.2) is 4.21 Å². The molecule has 1 atom stereocenters. The molecule has 1 N–H and O–H groups in total. The molecule has 3 heteroatoms. The lowest BCUT2D eigenvalue weighted by Gasteiger charge is -1.91. The molecule has 0 aliphatic heterocycles. The van der Waals surface area contributed by atoms with Crippen LogP contribution in [0.25, 0.3) is 0 Å². The van der Waals surface area contributed by atoms with Crippen molar-refractivity contribution in [3.05, 3.63) is 6.92 Å². The molecule has 1 unspecified atom stereocenters. The fourth-order valence-electron chi connectivity index (χ4n) is 0.579. The fraction of sp³-hybridized carbons (Fsp3) is 0.833. The second-order valence-corrected chi connectivity index (χ2v) is 2.99. The van der Waals surface area contributed by atoms with Crippen LogP contribution in [0.3, 0.4) is 0 Å². The van der Waals surface area contributed by atoms with Gasteiger partial charge in [-0.2, -0.15) is 0 Å². The molecule has 0 fully saturated rings. The Bertz CT molecular complexity index is 83.1. The first kappa shape index (κ1) is 8.98. The average molecular weight is 149 g/mol. The van der Waals surface area contributed by atoms with Crippen LogP contribution >= 0.6 is 0 Å². The minimum atomic E-state index is -1.59. The highest BCUT2D eigenvalue weighted by Gasteiger charge is 1.92. The summed E-state index contributed by atoms with van der Waals surface area (Å²) in [6.45, 7) is 3.66. The van der Waals surface area contributed by atoms with Crippen molar-refractivity contribution in [2.45, 2.75) is 25.7 Å². The predicted octanol–water partition coefficient (Wildman–Crippen LogP) is 1.60. The maximum atomic E-state index is 10.1. The first-order valence-electron chi connectivity index (χ1n) is 3.14. The Labute approximate surface area is 58.9 Å². The van der Waals surface area contributed by atoms with Gasteiger partial charge in [0.05, 0.1) is 13.3 Å². The van der Waals surface area contributed by atoms with E-state index in [2.05, 4.69) is 6.92 Å². The van der Waals surface area contributed by atoms with Gasteiger partial charge in [0, 0.05) is 5.75 Å². The smallest absolute Gasteiger partial charge is 0.152 e. The SMILES string of the molecule is [CH2+]CCCCCS(=O)O. The highest BCUT2D eigenvalue weighted by Crippen LogP contribution is 1.98. The zero-order chi connectivity index (χ0) is 7.11. The number of unbranched alkanes of at least 4 members (excludes halogenated alkanes) is 3. The summed E-state index contributed by atoms with van der Waals surface area (Å²) in [5.74, 6) is 0.417. The molecule has 0 bridgehead atoms. The van der Waals surface area contributed by atoms with Crippen LogP contribution < -0.4 is 0 Å². The van der Waals surface area contributed by atoms with Gasteiger partial charge in [0.1, 0.15) is 0 Å². The molecular formula is C6H13O2S+. The molecule has 0 saturated heterocycles. The molecule has 0 rings (SSSR count). The molecule has 9 heavy (non-hydrogen) atoms. The topological polar surface area (TPSA) is 37.3 Å². The quantitative estimate of drug-likeness (QED) is 0.366. The fourth-order valence-corrected chi connectivity index (χ4v) is 1.03. The van der Waals surface area contributed by atoms with E-state index in [9.17, 15) is 4.21 Å². The van der Waals surface area contributed by atoms with Crippen LogP contribution in [0, 0.1) is 6.92 Å². The van der Waals surface area contributed by atoms with Crippen LogP contribution in [0.5, 0.6) is 0 Å². The summed E-state index contributed by atoms with van der Waals surface area (Å²) >= 11 is -1.59. The first-order valence-corrected chi connectivity index (χ1v) is 4.41. The molecule has 0 radical (unpaired) electrons. The van der Waals surface area contributed by atoms with Crippen LogP contribution in [-0.2, 0) is 11.1 Å². The molecule has 0 aromatic rings. The monoisotopic (exact) mass is 149 g/mol.